The maximum Gasteiger partial charge on any atom is 0.227 e. The average Bonchev–Trinajstić information content (AvgIpc) is 2.41. The van der Waals surface area contributed by atoms with E-state index in [1.807, 2.05) is 31.2 Å². The molecule has 0 saturated heterocycles. The van der Waals surface area contributed by atoms with Gasteiger partial charge in [0.2, 0.25) is 6.54 Å². The molecule has 4 nitrogen and oxygen atoms in total. The maximum absolute atomic E-state index is 13.6. The van der Waals surface area contributed by atoms with Crippen LogP contribution in [0.3, 0.4) is 0 Å². The van der Waals surface area contributed by atoms with Gasteiger partial charge in [0.1, 0.15) is 11.9 Å². The van der Waals surface area contributed by atoms with Crippen LogP contribution in [0, 0.1) is 22.9 Å². The first-order chi connectivity index (χ1) is 9.56. The quantitative estimate of drug-likeness (QED) is 0.670. The second-order valence-corrected chi connectivity index (χ2v) is 4.60. The first-order valence-corrected chi connectivity index (χ1v) is 6.25. The third-order valence-electron chi connectivity index (χ3n) is 3.01. The Balaban J connectivity index is 2.26. The Morgan fingerprint density at radius 1 is 1.20 bits per heavy atom. The molecule has 2 rings (SSSR count). The first-order valence-electron chi connectivity index (χ1n) is 6.25. The maximum atomic E-state index is 13.6. The lowest BCUT2D eigenvalue weighted by Crippen LogP contribution is -2.20. The summed E-state index contributed by atoms with van der Waals surface area (Å²) in [7, 11) is 0. The summed E-state index contributed by atoms with van der Waals surface area (Å²) in [6.45, 7) is 1.63. The van der Waals surface area contributed by atoms with E-state index in [1.54, 1.807) is 18.2 Å². The Bertz CT molecular complexity index is 599. The monoisotopic (exact) mass is 274 g/mol. The van der Waals surface area contributed by atoms with E-state index in [0.29, 0.717) is 0 Å². The van der Waals surface area contributed by atoms with E-state index in [9.17, 15) is 14.5 Å². The number of benzene rings is 2. The Kier molecular flexibility index (Phi) is 4.30. The SMILES string of the molecule is Cc1ccc(C(C[N+](=O)[O-])Nc2ccccc2F)cc1. The Morgan fingerprint density at radius 2 is 1.85 bits per heavy atom. The number of halogens is 1. The molecule has 0 fully saturated rings. The van der Waals surface area contributed by atoms with Crippen molar-refractivity contribution in [3.8, 4) is 0 Å². The van der Waals surface area contributed by atoms with Gasteiger partial charge < -0.3 is 5.32 Å². The molecular formula is C15H15FN2O2. The van der Waals surface area contributed by atoms with E-state index in [2.05, 4.69) is 5.32 Å². The van der Waals surface area contributed by atoms with Gasteiger partial charge in [0.25, 0.3) is 0 Å². The molecule has 2 aromatic carbocycles. The molecule has 1 atom stereocenters. The molecule has 0 aliphatic carbocycles. The van der Waals surface area contributed by atoms with Crippen LogP contribution in [0.1, 0.15) is 17.2 Å². The number of hydrogen-bond donors (Lipinski definition) is 1. The smallest absolute Gasteiger partial charge is 0.227 e. The zero-order valence-corrected chi connectivity index (χ0v) is 11.0. The highest BCUT2D eigenvalue weighted by Crippen LogP contribution is 2.22. The molecule has 0 heterocycles. The number of rotatable bonds is 5. The van der Waals surface area contributed by atoms with Crippen molar-refractivity contribution < 1.29 is 9.31 Å². The van der Waals surface area contributed by atoms with Crippen molar-refractivity contribution in [3.05, 3.63) is 75.6 Å². The van der Waals surface area contributed by atoms with Gasteiger partial charge in [-0.25, -0.2) is 4.39 Å². The highest BCUT2D eigenvalue weighted by molar-refractivity contribution is 5.47. The molecule has 1 unspecified atom stereocenters. The number of aryl methyl sites for hydroxylation is 1. The zero-order chi connectivity index (χ0) is 14.5. The molecule has 0 aliphatic rings. The van der Waals surface area contributed by atoms with Crippen LogP contribution >= 0.6 is 0 Å². The Morgan fingerprint density at radius 3 is 2.45 bits per heavy atom. The van der Waals surface area contributed by atoms with Crippen molar-refractivity contribution in [1.82, 2.24) is 0 Å². The summed E-state index contributed by atoms with van der Waals surface area (Å²) < 4.78 is 13.6. The zero-order valence-electron chi connectivity index (χ0n) is 11.0. The van der Waals surface area contributed by atoms with E-state index in [1.165, 1.54) is 6.07 Å². The van der Waals surface area contributed by atoms with Crippen LogP contribution in [0.5, 0.6) is 0 Å². The van der Waals surface area contributed by atoms with Gasteiger partial charge in [-0.3, -0.25) is 10.1 Å². The number of nitro groups is 1. The topological polar surface area (TPSA) is 55.2 Å². The predicted molar refractivity (Wildman–Crippen MR) is 75.8 cm³/mol. The lowest BCUT2D eigenvalue weighted by Gasteiger charge is -2.17. The second kappa shape index (κ2) is 6.14. The van der Waals surface area contributed by atoms with Crippen molar-refractivity contribution >= 4 is 5.69 Å². The number of nitrogens with zero attached hydrogens (tertiary/aromatic N) is 1. The van der Waals surface area contributed by atoms with E-state index in [0.717, 1.165) is 11.1 Å². The highest BCUT2D eigenvalue weighted by Gasteiger charge is 2.18. The molecule has 104 valence electrons. The van der Waals surface area contributed by atoms with E-state index in [4.69, 9.17) is 0 Å². The van der Waals surface area contributed by atoms with E-state index < -0.39 is 16.8 Å². The summed E-state index contributed by atoms with van der Waals surface area (Å²) in [6, 6.07) is 13.0. The fourth-order valence-electron chi connectivity index (χ4n) is 1.95. The van der Waals surface area contributed by atoms with E-state index >= 15 is 0 Å². The molecule has 0 saturated carbocycles. The molecule has 0 radical (unpaired) electrons. The lowest BCUT2D eigenvalue weighted by atomic mass is 10.0. The Labute approximate surface area is 116 Å². The summed E-state index contributed by atoms with van der Waals surface area (Å²) in [5.41, 5.74) is 2.09. The molecule has 0 aliphatic heterocycles. The molecular weight excluding hydrogens is 259 g/mol. The van der Waals surface area contributed by atoms with Crippen molar-refractivity contribution in [2.24, 2.45) is 0 Å². The minimum atomic E-state index is -0.567. The Hall–Kier alpha value is -2.43. The van der Waals surface area contributed by atoms with Gasteiger partial charge in [0.15, 0.2) is 0 Å². The predicted octanol–water partition coefficient (Wildman–Crippen LogP) is 3.56. The number of anilines is 1. The summed E-state index contributed by atoms with van der Waals surface area (Å²) in [5.74, 6) is -0.423. The van der Waals surface area contributed by atoms with Gasteiger partial charge in [-0.05, 0) is 24.6 Å². The summed E-state index contributed by atoms with van der Waals surface area (Å²) in [6.07, 6.45) is 0. The van der Waals surface area contributed by atoms with Crippen LogP contribution in [0.25, 0.3) is 0 Å². The second-order valence-electron chi connectivity index (χ2n) is 4.60. The highest BCUT2D eigenvalue weighted by atomic mass is 19.1. The molecule has 0 aromatic heterocycles. The van der Waals surface area contributed by atoms with Crippen LogP contribution in [-0.4, -0.2) is 11.5 Å². The largest absolute Gasteiger partial charge is 0.370 e. The van der Waals surface area contributed by atoms with Gasteiger partial charge in [-0.2, -0.15) is 0 Å². The van der Waals surface area contributed by atoms with Gasteiger partial charge in [-0.1, -0.05) is 42.0 Å². The average molecular weight is 274 g/mol. The molecule has 5 heteroatoms. The van der Waals surface area contributed by atoms with Crippen molar-refractivity contribution in [3.63, 3.8) is 0 Å². The lowest BCUT2D eigenvalue weighted by molar-refractivity contribution is -0.482. The third kappa shape index (κ3) is 3.54. The van der Waals surface area contributed by atoms with Crippen LogP contribution in [0.4, 0.5) is 10.1 Å². The van der Waals surface area contributed by atoms with Gasteiger partial charge in [0.05, 0.1) is 5.69 Å². The standard InChI is InChI=1S/C15H15FN2O2/c1-11-6-8-12(9-7-11)15(10-18(19)20)17-14-5-3-2-4-13(14)16/h2-9,15,17H,10H2,1H3. The first kappa shape index (κ1) is 14.0. The summed E-state index contributed by atoms with van der Waals surface area (Å²) in [4.78, 5) is 10.4. The molecule has 0 spiro atoms. The van der Waals surface area contributed by atoms with Crippen LogP contribution in [0.2, 0.25) is 0 Å². The fraction of sp³-hybridized carbons (Fsp3) is 0.200. The number of nitrogens with one attached hydrogen (secondary N) is 1. The van der Waals surface area contributed by atoms with E-state index in [-0.39, 0.29) is 12.2 Å². The molecule has 1 N–H and O–H groups in total. The molecule has 2 aromatic rings. The van der Waals surface area contributed by atoms with Crippen molar-refractivity contribution in [1.29, 1.82) is 0 Å². The normalized spacial score (nSPS) is 11.9. The van der Waals surface area contributed by atoms with Crippen LogP contribution in [0.15, 0.2) is 48.5 Å². The van der Waals surface area contributed by atoms with Gasteiger partial charge in [0, 0.05) is 4.92 Å². The molecule has 0 bridgehead atoms. The van der Waals surface area contributed by atoms with Crippen LogP contribution in [-0.2, 0) is 0 Å². The minimum absolute atomic E-state index is 0.264. The molecule has 0 amide bonds. The third-order valence-corrected chi connectivity index (χ3v) is 3.01. The van der Waals surface area contributed by atoms with Gasteiger partial charge >= 0.3 is 0 Å². The van der Waals surface area contributed by atoms with Crippen LogP contribution < -0.4 is 5.32 Å². The molecule has 20 heavy (non-hydrogen) atoms. The summed E-state index contributed by atoms with van der Waals surface area (Å²) >= 11 is 0. The number of hydrogen-bond acceptors (Lipinski definition) is 3. The van der Waals surface area contributed by atoms with Gasteiger partial charge in [-0.15, -0.1) is 0 Å². The minimum Gasteiger partial charge on any atom is -0.370 e. The fourth-order valence-corrected chi connectivity index (χ4v) is 1.95. The summed E-state index contributed by atoms with van der Waals surface area (Å²) in [5, 5.41) is 13.7. The van der Waals surface area contributed by atoms with Crippen molar-refractivity contribution in [2.75, 3.05) is 11.9 Å². The number of para-hydroxylation sites is 1. The van der Waals surface area contributed by atoms with Crippen molar-refractivity contribution in [2.45, 2.75) is 13.0 Å².